The van der Waals surface area contributed by atoms with E-state index in [0.29, 0.717) is 12.3 Å². The van der Waals surface area contributed by atoms with Gasteiger partial charge in [0.1, 0.15) is 11.0 Å². The summed E-state index contributed by atoms with van der Waals surface area (Å²) in [5.41, 5.74) is 3.21. The first kappa shape index (κ1) is 15.2. The SMILES string of the molecule is COC(=O)CC1=NC(=O)C2SC(c3cn[nH]c3)=C3OCCCC1=C32. The van der Waals surface area contributed by atoms with E-state index in [-0.39, 0.29) is 12.3 Å². The second kappa shape index (κ2) is 5.94. The molecular formula is C16H15N3O4S. The third kappa shape index (κ3) is 2.37. The first-order chi connectivity index (χ1) is 11.7. The number of thioether (sulfide) groups is 1. The molecule has 0 aromatic carbocycles. The Balaban J connectivity index is 1.83. The average molecular weight is 345 g/mol. The van der Waals surface area contributed by atoms with E-state index in [0.717, 1.165) is 40.2 Å². The number of aliphatic imine (C=N–C) groups is 1. The van der Waals surface area contributed by atoms with Crippen molar-refractivity contribution in [1.29, 1.82) is 0 Å². The molecule has 0 radical (unpaired) electrons. The van der Waals surface area contributed by atoms with Crippen molar-refractivity contribution in [3.63, 3.8) is 0 Å². The number of hydrogen-bond acceptors (Lipinski definition) is 6. The Kier molecular flexibility index (Phi) is 3.76. The Bertz CT molecular complexity index is 807. The molecule has 24 heavy (non-hydrogen) atoms. The number of carbonyl (C=O) groups is 2. The monoisotopic (exact) mass is 345 g/mol. The number of nitrogens with zero attached hydrogens (tertiary/aromatic N) is 2. The van der Waals surface area contributed by atoms with Crippen LogP contribution >= 0.6 is 11.8 Å². The minimum Gasteiger partial charge on any atom is -0.492 e. The van der Waals surface area contributed by atoms with Crippen LogP contribution in [0.5, 0.6) is 0 Å². The summed E-state index contributed by atoms with van der Waals surface area (Å²) in [6.07, 6.45) is 5.04. The standard InChI is InChI=1S/C16H15N3O4S/c1-22-11(20)5-10-9-3-2-4-23-13-12(9)15(16(21)19-10)24-14(13)8-6-17-18-7-8/h6-7,15H,2-5H2,1H3,(H,17,18). The second-order valence-corrected chi connectivity index (χ2v) is 6.75. The van der Waals surface area contributed by atoms with Crippen LogP contribution in [0.2, 0.25) is 0 Å². The molecule has 4 heterocycles. The fourth-order valence-corrected chi connectivity index (χ4v) is 4.41. The fraction of sp³-hybridized carbons (Fsp3) is 0.375. The molecule has 1 N–H and O–H groups in total. The molecule has 3 aliphatic heterocycles. The van der Waals surface area contributed by atoms with Crippen LogP contribution in [0.25, 0.3) is 4.91 Å². The van der Waals surface area contributed by atoms with E-state index in [2.05, 4.69) is 15.2 Å². The van der Waals surface area contributed by atoms with Crippen LogP contribution in [0, 0.1) is 0 Å². The number of nitrogens with one attached hydrogen (secondary N) is 1. The zero-order chi connectivity index (χ0) is 16.7. The first-order valence-electron chi connectivity index (χ1n) is 7.64. The smallest absolute Gasteiger partial charge is 0.311 e. The molecule has 0 aliphatic carbocycles. The molecule has 0 spiro atoms. The lowest BCUT2D eigenvalue weighted by atomic mass is 9.91. The van der Waals surface area contributed by atoms with Gasteiger partial charge in [0.05, 0.1) is 37.0 Å². The van der Waals surface area contributed by atoms with Gasteiger partial charge in [-0.3, -0.25) is 14.7 Å². The van der Waals surface area contributed by atoms with Gasteiger partial charge in [-0.1, -0.05) is 0 Å². The molecule has 4 rings (SSSR count). The number of dihydropyridines is 1. The van der Waals surface area contributed by atoms with E-state index in [1.165, 1.54) is 18.9 Å². The number of ether oxygens (including phenoxy) is 2. The lowest BCUT2D eigenvalue weighted by Gasteiger charge is -2.20. The van der Waals surface area contributed by atoms with Crippen molar-refractivity contribution < 1.29 is 19.1 Å². The van der Waals surface area contributed by atoms with Crippen LogP contribution < -0.4 is 0 Å². The molecular weight excluding hydrogens is 330 g/mol. The highest BCUT2D eigenvalue weighted by Gasteiger charge is 2.43. The molecule has 1 unspecified atom stereocenters. The van der Waals surface area contributed by atoms with Crippen molar-refractivity contribution >= 4 is 34.3 Å². The van der Waals surface area contributed by atoms with Crippen LogP contribution in [0.3, 0.4) is 0 Å². The van der Waals surface area contributed by atoms with Crippen molar-refractivity contribution in [2.75, 3.05) is 13.7 Å². The summed E-state index contributed by atoms with van der Waals surface area (Å²) in [5.74, 6) is 0.0770. The van der Waals surface area contributed by atoms with E-state index >= 15 is 0 Å². The Morgan fingerprint density at radius 1 is 1.54 bits per heavy atom. The highest BCUT2D eigenvalue weighted by molar-refractivity contribution is 8.10. The summed E-state index contributed by atoms with van der Waals surface area (Å²) in [5, 5.41) is 6.36. The molecule has 8 heteroatoms. The van der Waals surface area contributed by atoms with Crippen molar-refractivity contribution in [3.8, 4) is 0 Å². The highest BCUT2D eigenvalue weighted by atomic mass is 32.2. The summed E-state index contributed by atoms with van der Waals surface area (Å²) in [6.45, 7) is 0.566. The van der Waals surface area contributed by atoms with Crippen molar-refractivity contribution in [3.05, 3.63) is 34.9 Å². The number of esters is 1. The van der Waals surface area contributed by atoms with E-state index in [4.69, 9.17) is 9.47 Å². The number of H-pyrrole nitrogens is 1. The zero-order valence-electron chi connectivity index (χ0n) is 13.0. The van der Waals surface area contributed by atoms with Gasteiger partial charge in [0.2, 0.25) is 0 Å². The van der Waals surface area contributed by atoms with Gasteiger partial charge >= 0.3 is 5.97 Å². The molecule has 0 saturated carbocycles. The van der Waals surface area contributed by atoms with Crippen molar-refractivity contribution in [2.24, 2.45) is 4.99 Å². The van der Waals surface area contributed by atoms with E-state index < -0.39 is 11.2 Å². The summed E-state index contributed by atoms with van der Waals surface area (Å²) < 4.78 is 10.7. The molecule has 0 bridgehead atoms. The molecule has 124 valence electrons. The van der Waals surface area contributed by atoms with Gasteiger partial charge in [0.15, 0.2) is 0 Å². The van der Waals surface area contributed by atoms with Gasteiger partial charge in [-0.15, -0.1) is 11.8 Å². The van der Waals surface area contributed by atoms with Crippen LogP contribution in [0.4, 0.5) is 0 Å². The maximum Gasteiger partial charge on any atom is 0.311 e. The van der Waals surface area contributed by atoms with E-state index in [1.807, 2.05) is 0 Å². The van der Waals surface area contributed by atoms with Crippen molar-refractivity contribution in [2.45, 2.75) is 24.5 Å². The summed E-state index contributed by atoms with van der Waals surface area (Å²) >= 11 is 1.44. The van der Waals surface area contributed by atoms with Crippen molar-refractivity contribution in [1.82, 2.24) is 10.2 Å². The lowest BCUT2D eigenvalue weighted by Crippen LogP contribution is -2.27. The highest BCUT2D eigenvalue weighted by Crippen LogP contribution is 2.51. The van der Waals surface area contributed by atoms with Gasteiger partial charge in [-0.2, -0.15) is 5.10 Å². The molecule has 0 fully saturated rings. The number of hydrogen-bond donors (Lipinski definition) is 1. The van der Waals surface area contributed by atoms with Gasteiger partial charge in [-0.25, -0.2) is 4.99 Å². The Morgan fingerprint density at radius 3 is 3.17 bits per heavy atom. The number of allylic oxidation sites excluding steroid dienone is 2. The Hall–Kier alpha value is -2.35. The largest absolute Gasteiger partial charge is 0.492 e. The second-order valence-electron chi connectivity index (χ2n) is 5.64. The lowest BCUT2D eigenvalue weighted by molar-refractivity contribution is -0.139. The van der Waals surface area contributed by atoms with Gasteiger partial charge in [-0.05, 0) is 18.4 Å². The topological polar surface area (TPSA) is 93.6 Å². The molecule has 1 aromatic rings. The minimum atomic E-state index is -0.403. The van der Waals surface area contributed by atoms with E-state index in [1.54, 1.807) is 12.4 Å². The Morgan fingerprint density at radius 2 is 2.42 bits per heavy atom. The third-order valence-electron chi connectivity index (χ3n) is 4.21. The maximum absolute atomic E-state index is 12.5. The summed E-state index contributed by atoms with van der Waals surface area (Å²) in [4.78, 5) is 29.3. The first-order valence-corrected chi connectivity index (χ1v) is 8.52. The molecule has 3 aliphatic rings. The van der Waals surface area contributed by atoms with Gasteiger partial charge in [0, 0.05) is 17.3 Å². The van der Waals surface area contributed by atoms with E-state index in [9.17, 15) is 9.59 Å². The number of carbonyl (C=O) groups excluding carboxylic acids is 2. The van der Waals surface area contributed by atoms with Gasteiger partial charge < -0.3 is 9.47 Å². The molecule has 1 amide bonds. The Labute approximate surface area is 142 Å². The fourth-order valence-electron chi connectivity index (χ4n) is 3.13. The van der Waals surface area contributed by atoms with Crippen LogP contribution in [0.15, 0.2) is 34.3 Å². The number of aromatic amines is 1. The molecule has 1 atom stereocenters. The normalized spacial score (nSPS) is 22.8. The molecule has 0 saturated heterocycles. The number of aromatic nitrogens is 2. The maximum atomic E-state index is 12.5. The number of methoxy groups -OCH3 is 1. The quantitative estimate of drug-likeness (QED) is 0.840. The molecule has 1 aromatic heterocycles. The van der Waals surface area contributed by atoms with Gasteiger partial charge in [0.25, 0.3) is 5.91 Å². The minimum absolute atomic E-state index is 0.00673. The third-order valence-corrected chi connectivity index (χ3v) is 5.54. The number of rotatable bonds is 3. The summed E-state index contributed by atoms with van der Waals surface area (Å²) in [7, 11) is 1.33. The van der Waals surface area contributed by atoms with Crippen LogP contribution in [0.1, 0.15) is 24.8 Å². The zero-order valence-corrected chi connectivity index (χ0v) is 13.8. The predicted molar refractivity (Wildman–Crippen MR) is 88.2 cm³/mol. The van der Waals surface area contributed by atoms with Crippen LogP contribution in [-0.4, -0.2) is 46.8 Å². The van der Waals surface area contributed by atoms with Crippen LogP contribution in [-0.2, 0) is 19.1 Å². The number of amides is 1. The average Bonchev–Trinajstić information content (AvgIpc) is 3.16. The summed E-state index contributed by atoms with van der Waals surface area (Å²) in [6, 6.07) is 0. The predicted octanol–water partition coefficient (Wildman–Crippen LogP) is 1.84. The molecule has 7 nitrogen and oxygen atoms in total.